The summed E-state index contributed by atoms with van der Waals surface area (Å²) in [5.41, 5.74) is 2.58. The van der Waals surface area contributed by atoms with Crippen molar-refractivity contribution in [2.24, 2.45) is 5.92 Å². The number of fused-ring (bicyclic) bond motifs is 5. The third-order valence-electron chi connectivity index (χ3n) is 6.56. The van der Waals surface area contributed by atoms with E-state index in [-0.39, 0.29) is 11.7 Å². The summed E-state index contributed by atoms with van der Waals surface area (Å²) in [7, 11) is 0. The summed E-state index contributed by atoms with van der Waals surface area (Å²) in [6.45, 7) is 2.40. The van der Waals surface area contributed by atoms with E-state index in [1.807, 2.05) is 0 Å². The first kappa shape index (κ1) is 17.7. The van der Waals surface area contributed by atoms with E-state index in [0.717, 1.165) is 51.0 Å². The van der Waals surface area contributed by atoms with Gasteiger partial charge in [0.05, 0.1) is 6.20 Å². The van der Waals surface area contributed by atoms with Crippen LogP contribution in [-0.2, 0) is 12.8 Å². The summed E-state index contributed by atoms with van der Waals surface area (Å²) < 4.78 is 27.3. The van der Waals surface area contributed by atoms with Crippen LogP contribution in [0.3, 0.4) is 0 Å². The first-order valence-corrected chi connectivity index (χ1v) is 10.0. The summed E-state index contributed by atoms with van der Waals surface area (Å²) in [5.74, 6) is -1.68. The Kier molecular flexibility index (Phi) is 4.38. The molecule has 3 aliphatic heterocycles. The predicted molar refractivity (Wildman–Crippen MR) is 101 cm³/mol. The van der Waals surface area contributed by atoms with Gasteiger partial charge >= 0.3 is 0 Å². The van der Waals surface area contributed by atoms with Gasteiger partial charge in [0.15, 0.2) is 11.5 Å². The van der Waals surface area contributed by atoms with Crippen molar-refractivity contribution in [1.82, 2.24) is 14.8 Å². The quantitative estimate of drug-likeness (QED) is 0.800. The molecule has 2 bridgehead atoms. The molecule has 28 heavy (non-hydrogen) atoms. The molecule has 4 heterocycles. The van der Waals surface area contributed by atoms with E-state index in [0.29, 0.717) is 18.5 Å². The maximum absolute atomic E-state index is 14.1. The molecule has 6 rings (SSSR count). The molecular weight excluding hydrogens is 360 g/mol. The molecular formula is C22H23F2N3O. The highest BCUT2D eigenvalue weighted by Crippen LogP contribution is 2.33. The zero-order valence-electron chi connectivity index (χ0n) is 15.7. The smallest absolute Gasteiger partial charge is 0.275 e. The van der Waals surface area contributed by atoms with Gasteiger partial charge in [-0.3, -0.25) is 9.69 Å². The van der Waals surface area contributed by atoms with Crippen LogP contribution in [0.4, 0.5) is 8.78 Å². The van der Waals surface area contributed by atoms with Crippen LogP contribution in [0.5, 0.6) is 0 Å². The molecule has 4 aliphatic rings. The van der Waals surface area contributed by atoms with Crippen LogP contribution < -0.4 is 0 Å². The molecule has 1 aliphatic carbocycles. The van der Waals surface area contributed by atoms with Gasteiger partial charge in [0.1, 0.15) is 5.82 Å². The Balaban J connectivity index is 1.35. The van der Waals surface area contributed by atoms with Crippen LogP contribution in [0.2, 0.25) is 0 Å². The number of piperidine rings is 1. The Hall–Kier alpha value is -2.34. The number of aromatic nitrogens is 1. The largest absolute Gasteiger partial charge is 0.333 e. The maximum atomic E-state index is 14.1. The minimum atomic E-state index is -0.881. The molecule has 3 saturated heterocycles. The average Bonchev–Trinajstić information content (AvgIpc) is 2.90. The number of hydrogen-bond donors (Lipinski definition) is 0. The minimum Gasteiger partial charge on any atom is -0.333 e. The van der Waals surface area contributed by atoms with Crippen LogP contribution in [0.25, 0.3) is 0 Å². The predicted octanol–water partition coefficient (Wildman–Crippen LogP) is 3.06. The molecule has 0 radical (unpaired) electrons. The van der Waals surface area contributed by atoms with Gasteiger partial charge in [-0.05, 0) is 42.7 Å². The van der Waals surface area contributed by atoms with Crippen LogP contribution >= 0.6 is 0 Å². The lowest BCUT2D eigenvalue weighted by atomic mass is 9.94. The van der Waals surface area contributed by atoms with Crippen molar-refractivity contribution < 1.29 is 13.6 Å². The Morgan fingerprint density at radius 3 is 2.46 bits per heavy atom. The monoisotopic (exact) mass is 383 g/mol. The number of pyridine rings is 1. The number of benzene rings is 1. The number of carbonyl (C=O) groups excluding carboxylic acids is 1. The van der Waals surface area contributed by atoms with Crippen LogP contribution in [-0.4, -0.2) is 52.4 Å². The number of rotatable bonds is 2. The first-order valence-electron chi connectivity index (χ1n) is 10.0. The Bertz CT molecular complexity index is 893. The topological polar surface area (TPSA) is 36.4 Å². The fourth-order valence-corrected chi connectivity index (χ4v) is 5.17. The van der Waals surface area contributed by atoms with E-state index >= 15 is 0 Å². The molecule has 4 nitrogen and oxygen atoms in total. The van der Waals surface area contributed by atoms with Crippen molar-refractivity contribution in [3.63, 3.8) is 0 Å². The molecule has 0 unspecified atom stereocenters. The lowest BCUT2D eigenvalue weighted by Crippen LogP contribution is -2.48. The molecule has 1 aromatic heterocycles. The van der Waals surface area contributed by atoms with E-state index < -0.39 is 17.5 Å². The van der Waals surface area contributed by atoms with E-state index in [9.17, 15) is 13.6 Å². The highest BCUT2D eigenvalue weighted by atomic mass is 19.1. The van der Waals surface area contributed by atoms with Gasteiger partial charge in [-0.15, -0.1) is 0 Å². The van der Waals surface area contributed by atoms with Crippen molar-refractivity contribution >= 4 is 5.91 Å². The SMILES string of the molecule is O=C(c1ncc(F)cc1F)N1C[C@@H]2CC[C@H]1CN(C1Cc3ccccc3C1)C2. The molecule has 2 aromatic rings. The van der Waals surface area contributed by atoms with Crippen molar-refractivity contribution in [3.05, 3.63) is 65.0 Å². The molecule has 0 saturated carbocycles. The lowest BCUT2D eigenvalue weighted by Gasteiger charge is -2.36. The fraction of sp³-hybridized carbons (Fsp3) is 0.455. The molecule has 6 heteroatoms. The normalized spacial score (nSPS) is 25.0. The van der Waals surface area contributed by atoms with E-state index in [1.54, 1.807) is 4.90 Å². The Morgan fingerprint density at radius 2 is 1.75 bits per heavy atom. The zero-order chi connectivity index (χ0) is 19.3. The van der Waals surface area contributed by atoms with E-state index in [1.165, 1.54) is 11.1 Å². The van der Waals surface area contributed by atoms with Crippen molar-refractivity contribution in [3.8, 4) is 0 Å². The first-order chi connectivity index (χ1) is 13.6. The number of nitrogens with zero attached hydrogens (tertiary/aromatic N) is 3. The summed E-state index contributed by atoms with van der Waals surface area (Å²) in [6, 6.07) is 9.87. The third kappa shape index (κ3) is 3.09. The van der Waals surface area contributed by atoms with Gasteiger partial charge in [-0.1, -0.05) is 24.3 Å². The molecule has 3 fully saturated rings. The van der Waals surface area contributed by atoms with Gasteiger partial charge < -0.3 is 4.90 Å². The molecule has 0 N–H and O–H groups in total. The third-order valence-corrected chi connectivity index (χ3v) is 6.56. The van der Waals surface area contributed by atoms with Crippen LogP contribution in [0.15, 0.2) is 36.5 Å². The van der Waals surface area contributed by atoms with E-state index in [4.69, 9.17) is 0 Å². The second-order valence-corrected chi connectivity index (χ2v) is 8.32. The summed E-state index contributed by atoms with van der Waals surface area (Å²) >= 11 is 0. The van der Waals surface area contributed by atoms with Crippen molar-refractivity contribution in [1.29, 1.82) is 0 Å². The van der Waals surface area contributed by atoms with Gasteiger partial charge in [0.25, 0.3) is 5.91 Å². The second-order valence-electron chi connectivity index (χ2n) is 8.32. The fourth-order valence-electron chi connectivity index (χ4n) is 5.17. The molecule has 0 spiro atoms. The maximum Gasteiger partial charge on any atom is 0.275 e. The Labute approximate surface area is 163 Å². The standard InChI is InChI=1S/C22H23F2N3O/c23-17-9-20(24)21(25-10-17)22(28)27-12-14-5-6-18(27)13-26(11-14)19-7-15-3-1-2-4-16(15)8-19/h1-4,9-10,14,18-19H,5-8,11-13H2/t14-,18+/m1/s1. The number of halogens is 2. The minimum absolute atomic E-state index is 0.0567. The van der Waals surface area contributed by atoms with Gasteiger partial charge in [0, 0.05) is 37.8 Å². The zero-order valence-corrected chi connectivity index (χ0v) is 15.7. The summed E-state index contributed by atoms with van der Waals surface area (Å²) in [6.07, 6.45) is 5.03. The summed E-state index contributed by atoms with van der Waals surface area (Å²) in [5, 5.41) is 0. The van der Waals surface area contributed by atoms with Gasteiger partial charge in [-0.25, -0.2) is 13.8 Å². The second kappa shape index (κ2) is 6.92. The van der Waals surface area contributed by atoms with Crippen molar-refractivity contribution in [2.45, 2.75) is 37.8 Å². The highest BCUT2D eigenvalue weighted by molar-refractivity contribution is 5.92. The van der Waals surface area contributed by atoms with Crippen LogP contribution in [0, 0.1) is 17.6 Å². The number of amides is 1. The van der Waals surface area contributed by atoms with Gasteiger partial charge in [0.2, 0.25) is 0 Å². The number of carbonyl (C=O) groups is 1. The Morgan fingerprint density at radius 1 is 1.00 bits per heavy atom. The summed E-state index contributed by atoms with van der Waals surface area (Å²) in [4.78, 5) is 21.0. The average molecular weight is 383 g/mol. The molecule has 1 aromatic carbocycles. The molecule has 146 valence electrons. The van der Waals surface area contributed by atoms with Crippen molar-refractivity contribution in [2.75, 3.05) is 19.6 Å². The van der Waals surface area contributed by atoms with Crippen LogP contribution in [0.1, 0.15) is 34.5 Å². The van der Waals surface area contributed by atoms with E-state index in [2.05, 4.69) is 34.1 Å². The van der Waals surface area contributed by atoms with Gasteiger partial charge in [-0.2, -0.15) is 0 Å². The number of hydrogen-bond acceptors (Lipinski definition) is 3. The molecule has 2 atom stereocenters. The molecule has 1 amide bonds. The highest BCUT2D eigenvalue weighted by Gasteiger charge is 2.41. The lowest BCUT2D eigenvalue weighted by molar-refractivity contribution is 0.0570.